The van der Waals surface area contributed by atoms with Crippen molar-refractivity contribution < 1.29 is 41.7 Å². The molecule has 0 bridgehead atoms. The molecule has 184 valence electrons. The second-order valence-electron chi connectivity index (χ2n) is 6.25. The molecular weight excluding hydrogens is 473 g/mol. The quantitative estimate of drug-likeness (QED) is 0.362. The van der Waals surface area contributed by atoms with Crippen LogP contribution in [-0.2, 0) is 11.3 Å². The monoisotopic (exact) mass is 491 g/mol. The molecule has 0 atom stereocenters. The average Bonchev–Trinajstić information content (AvgIpc) is 3.21. The number of methoxy groups -OCH3 is 1. The highest BCUT2D eigenvalue weighted by Gasteiger charge is 2.38. The molecule has 5 N–H and O–H groups in total. The first-order chi connectivity index (χ1) is 15.9. The number of aliphatic carboxylic acids is 1. The molecule has 11 nitrogen and oxygen atoms in total. The summed E-state index contributed by atoms with van der Waals surface area (Å²) in [5.74, 6) is -2.59. The van der Waals surface area contributed by atoms with Crippen molar-refractivity contribution >= 4 is 23.4 Å². The predicted octanol–water partition coefficient (Wildman–Crippen LogP) is 2.63. The lowest BCUT2D eigenvalue weighted by molar-refractivity contribution is -0.192. The number of anilines is 3. The van der Waals surface area contributed by atoms with Crippen molar-refractivity contribution in [1.29, 1.82) is 0 Å². The number of carboxylic acids is 1. The minimum atomic E-state index is -5.08. The summed E-state index contributed by atoms with van der Waals surface area (Å²) in [6.45, 7) is 0.346. The van der Waals surface area contributed by atoms with Gasteiger partial charge in [-0.25, -0.2) is 28.5 Å². The van der Waals surface area contributed by atoms with Gasteiger partial charge in [-0.05, 0) is 0 Å². The van der Waals surface area contributed by atoms with Gasteiger partial charge in [-0.3, -0.25) is 4.68 Å². The van der Waals surface area contributed by atoms with Gasteiger partial charge >= 0.3 is 12.1 Å². The Balaban J connectivity index is 0.000000509. The first kappa shape index (κ1) is 26.2. The molecule has 0 aliphatic rings. The Morgan fingerprint density at radius 1 is 1.24 bits per heavy atom. The molecule has 0 aliphatic carbocycles. The van der Waals surface area contributed by atoms with Crippen molar-refractivity contribution in [3.8, 4) is 16.9 Å². The molecule has 0 aromatic carbocycles. The summed E-state index contributed by atoms with van der Waals surface area (Å²) in [6, 6.07) is 2.92. The van der Waals surface area contributed by atoms with Crippen LogP contribution in [0.4, 0.5) is 39.4 Å². The third-order valence-corrected chi connectivity index (χ3v) is 3.82. The Bertz CT molecular complexity index is 1120. The van der Waals surface area contributed by atoms with E-state index in [1.807, 2.05) is 0 Å². The minimum Gasteiger partial charge on any atom is -0.496 e. The van der Waals surface area contributed by atoms with Crippen LogP contribution in [0.2, 0.25) is 0 Å². The second kappa shape index (κ2) is 11.2. The van der Waals surface area contributed by atoms with Crippen LogP contribution < -0.4 is 15.8 Å². The van der Waals surface area contributed by atoms with Crippen LogP contribution >= 0.6 is 0 Å². The van der Waals surface area contributed by atoms with Gasteiger partial charge < -0.3 is 26.0 Å². The smallest absolute Gasteiger partial charge is 0.490 e. The molecule has 16 heteroatoms. The maximum absolute atomic E-state index is 12.8. The summed E-state index contributed by atoms with van der Waals surface area (Å²) in [4.78, 5) is 20.4. The number of ether oxygens (including phenoxy) is 1. The number of carbonyl (C=O) groups is 1. The number of halogens is 5. The van der Waals surface area contributed by atoms with E-state index >= 15 is 0 Å². The van der Waals surface area contributed by atoms with E-state index in [1.54, 1.807) is 29.3 Å². The molecule has 0 radical (unpaired) electrons. The third kappa shape index (κ3) is 7.22. The van der Waals surface area contributed by atoms with Crippen molar-refractivity contribution in [2.45, 2.75) is 19.1 Å². The second-order valence-corrected chi connectivity index (χ2v) is 6.25. The number of nitrogens with two attached hydrogens (primary N) is 1. The third-order valence-electron chi connectivity index (χ3n) is 3.82. The Hall–Kier alpha value is -4.08. The van der Waals surface area contributed by atoms with Gasteiger partial charge in [0.05, 0.1) is 26.5 Å². The lowest BCUT2D eigenvalue weighted by Crippen LogP contribution is -2.21. The standard InChI is InChI=1S/C16H17F2N7O2.C2HF3O2/c1-27-11-4-13(23-14-5-12(19)22-16(24-14)15(17)18)20-7-10(11)9-6-21-25(8-9)2-3-26;3-2(4,5)1(6)7/h4-8,15,26H,2-3H2,1H3,(H3,19,20,22,23,24);(H,6,7). The lowest BCUT2D eigenvalue weighted by Gasteiger charge is -2.11. The number of nitrogen functional groups attached to an aromatic ring is 1. The average molecular weight is 491 g/mol. The highest BCUT2D eigenvalue weighted by Crippen LogP contribution is 2.31. The number of pyridine rings is 1. The summed E-state index contributed by atoms with van der Waals surface area (Å²) in [5.41, 5.74) is 6.98. The van der Waals surface area contributed by atoms with Crippen LogP contribution in [0, 0.1) is 0 Å². The number of nitrogens with zero attached hydrogens (tertiary/aromatic N) is 5. The first-order valence-electron chi connectivity index (χ1n) is 9.12. The molecular formula is C18H18F5N7O4. The van der Waals surface area contributed by atoms with Crippen LogP contribution in [0.25, 0.3) is 11.1 Å². The van der Waals surface area contributed by atoms with Crippen molar-refractivity contribution in [1.82, 2.24) is 24.7 Å². The molecule has 0 saturated heterocycles. The number of aromatic nitrogens is 5. The predicted molar refractivity (Wildman–Crippen MR) is 107 cm³/mol. The maximum Gasteiger partial charge on any atom is 0.490 e. The zero-order valence-electron chi connectivity index (χ0n) is 17.3. The number of aliphatic hydroxyl groups excluding tert-OH is 1. The summed E-state index contributed by atoms with van der Waals surface area (Å²) in [7, 11) is 1.50. The topological polar surface area (TPSA) is 161 Å². The van der Waals surface area contributed by atoms with Crippen LogP contribution in [0.3, 0.4) is 0 Å². The molecule has 0 aliphatic heterocycles. The summed E-state index contributed by atoms with van der Waals surface area (Å²) in [6.07, 6.45) is -2.99. The summed E-state index contributed by atoms with van der Waals surface area (Å²) in [5, 5.41) is 23.1. The Morgan fingerprint density at radius 2 is 1.91 bits per heavy atom. The number of carboxylic acid groups (broad SMARTS) is 1. The zero-order chi connectivity index (χ0) is 25.5. The van der Waals surface area contributed by atoms with Gasteiger partial charge in [0.1, 0.15) is 23.2 Å². The van der Waals surface area contributed by atoms with Gasteiger partial charge in [0, 0.05) is 35.7 Å². The van der Waals surface area contributed by atoms with E-state index in [1.165, 1.54) is 13.2 Å². The van der Waals surface area contributed by atoms with Crippen molar-refractivity contribution in [2.24, 2.45) is 0 Å². The number of alkyl halides is 5. The molecule has 0 spiro atoms. The van der Waals surface area contributed by atoms with Gasteiger partial charge in [0.2, 0.25) is 0 Å². The summed E-state index contributed by atoms with van der Waals surface area (Å²) >= 11 is 0. The maximum atomic E-state index is 12.8. The van der Waals surface area contributed by atoms with E-state index in [4.69, 9.17) is 25.5 Å². The molecule has 3 rings (SSSR count). The molecule has 0 saturated carbocycles. The highest BCUT2D eigenvalue weighted by atomic mass is 19.4. The lowest BCUT2D eigenvalue weighted by atomic mass is 10.1. The molecule has 34 heavy (non-hydrogen) atoms. The normalized spacial score (nSPS) is 11.1. The number of nitrogens with one attached hydrogen (secondary N) is 1. The molecule has 0 unspecified atom stereocenters. The Labute approximate surface area is 188 Å². The van der Waals surface area contributed by atoms with Gasteiger partial charge in [-0.2, -0.15) is 18.3 Å². The first-order valence-corrected chi connectivity index (χ1v) is 9.12. The van der Waals surface area contributed by atoms with Gasteiger partial charge in [-0.15, -0.1) is 0 Å². The number of rotatable bonds is 7. The van der Waals surface area contributed by atoms with Crippen molar-refractivity contribution in [2.75, 3.05) is 24.8 Å². The minimum absolute atomic E-state index is 0.0258. The summed E-state index contributed by atoms with van der Waals surface area (Å²) < 4.78 is 64.3. The fraction of sp³-hybridized carbons (Fsp3) is 0.278. The molecule has 3 aromatic rings. The van der Waals surface area contributed by atoms with E-state index in [0.29, 0.717) is 23.7 Å². The van der Waals surface area contributed by atoms with Crippen molar-refractivity contribution in [3.05, 3.63) is 36.5 Å². The Morgan fingerprint density at radius 3 is 2.47 bits per heavy atom. The van der Waals surface area contributed by atoms with E-state index < -0.39 is 24.4 Å². The van der Waals surface area contributed by atoms with E-state index in [0.717, 1.165) is 5.56 Å². The van der Waals surface area contributed by atoms with E-state index in [-0.39, 0.29) is 18.2 Å². The number of aliphatic hydroxyl groups is 1. The SMILES string of the molecule is COc1cc(Nc2cc(N)nc(C(F)F)n2)ncc1-c1cnn(CCO)c1.O=C(O)C(F)(F)F. The van der Waals surface area contributed by atoms with Gasteiger partial charge in [-0.1, -0.05) is 0 Å². The van der Waals surface area contributed by atoms with Gasteiger partial charge in [0.25, 0.3) is 6.43 Å². The van der Waals surface area contributed by atoms with E-state index in [9.17, 15) is 22.0 Å². The van der Waals surface area contributed by atoms with E-state index in [2.05, 4.69) is 25.4 Å². The number of hydrogen-bond acceptors (Lipinski definition) is 9. The number of hydrogen-bond donors (Lipinski definition) is 4. The molecule has 3 aromatic heterocycles. The van der Waals surface area contributed by atoms with Crippen LogP contribution in [0.5, 0.6) is 5.75 Å². The van der Waals surface area contributed by atoms with Crippen LogP contribution in [0.15, 0.2) is 30.7 Å². The van der Waals surface area contributed by atoms with Crippen molar-refractivity contribution in [3.63, 3.8) is 0 Å². The highest BCUT2D eigenvalue weighted by molar-refractivity contribution is 5.73. The largest absolute Gasteiger partial charge is 0.496 e. The van der Waals surface area contributed by atoms with Crippen LogP contribution in [0.1, 0.15) is 12.2 Å². The molecule has 0 fully saturated rings. The zero-order valence-corrected chi connectivity index (χ0v) is 17.3. The van der Waals surface area contributed by atoms with Gasteiger partial charge in [0.15, 0.2) is 5.82 Å². The molecule has 0 amide bonds. The van der Waals surface area contributed by atoms with Crippen LogP contribution in [-0.4, -0.2) is 60.8 Å². The Kier molecular flexibility index (Phi) is 8.60. The molecule has 3 heterocycles. The fourth-order valence-electron chi connectivity index (χ4n) is 2.40. The fourth-order valence-corrected chi connectivity index (χ4v) is 2.40.